The van der Waals surface area contributed by atoms with Crippen LogP contribution in [-0.4, -0.2) is 67.2 Å². The Morgan fingerprint density at radius 1 is 1.12 bits per heavy atom. The largest absolute Gasteiger partial charge is 0.378 e. The molecule has 0 bridgehead atoms. The standard InChI is InChI=1S/C17H19N3O6/c21-16-12-8-14(18-3-6-25-7-4-18)15(20(23)24)9-13(12)17(22)19(16)10-11-2-1-5-26-11/h8-9,11H,1-7,10H2. The van der Waals surface area contributed by atoms with Gasteiger partial charge in [0, 0.05) is 25.8 Å². The Hall–Kier alpha value is -2.52. The third kappa shape index (κ3) is 2.82. The van der Waals surface area contributed by atoms with Crippen molar-refractivity contribution in [3.05, 3.63) is 33.4 Å². The Morgan fingerprint density at radius 3 is 2.42 bits per heavy atom. The topological polar surface area (TPSA) is 102 Å². The predicted octanol–water partition coefficient (Wildman–Crippen LogP) is 1.21. The molecule has 26 heavy (non-hydrogen) atoms. The molecule has 9 nitrogen and oxygen atoms in total. The number of anilines is 1. The molecule has 2 amide bonds. The number of imide groups is 1. The monoisotopic (exact) mass is 361 g/mol. The van der Waals surface area contributed by atoms with E-state index in [2.05, 4.69) is 0 Å². The van der Waals surface area contributed by atoms with Gasteiger partial charge in [-0.15, -0.1) is 0 Å². The number of rotatable bonds is 4. The van der Waals surface area contributed by atoms with Crippen LogP contribution in [0.4, 0.5) is 11.4 Å². The number of fused-ring (bicyclic) bond motifs is 1. The zero-order chi connectivity index (χ0) is 18.3. The van der Waals surface area contributed by atoms with Crippen molar-refractivity contribution in [1.29, 1.82) is 0 Å². The van der Waals surface area contributed by atoms with Gasteiger partial charge in [-0.3, -0.25) is 24.6 Å². The van der Waals surface area contributed by atoms with Crippen LogP contribution in [0.25, 0.3) is 0 Å². The number of carbonyl (C=O) groups is 2. The number of benzene rings is 1. The predicted molar refractivity (Wildman–Crippen MR) is 90.5 cm³/mol. The lowest BCUT2D eigenvalue weighted by atomic mass is 10.1. The molecule has 0 aliphatic carbocycles. The lowest BCUT2D eigenvalue weighted by molar-refractivity contribution is -0.384. The van der Waals surface area contributed by atoms with E-state index >= 15 is 0 Å². The first-order chi connectivity index (χ1) is 12.6. The maximum atomic E-state index is 12.7. The van der Waals surface area contributed by atoms with E-state index in [4.69, 9.17) is 9.47 Å². The van der Waals surface area contributed by atoms with E-state index in [0.29, 0.717) is 38.6 Å². The maximum absolute atomic E-state index is 12.7. The highest BCUT2D eigenvalue weighted by Crippen LogP contribution is 2.36. The first kappa shape index (κ1) is 16.9. The Labute approximate surface area is 149 Å². The fraction of sp³-hybridized carbons (Fsp3) is 0.529. The van der Waals surface area contributed by atoms with Crippen LogP contribution in [0.15, 0.2) is 12.1 Å². The molecule has 1 aromatic carbocycles. The van der Waals surface area contributed by atoms with E-state index in [9.17, 15) is 19.7 Å². The SMILES string of the molecule is O=C1c2cc(N3CCOCC3)c([N+](=O)[O-])cc2C(=O)N1CC1CCCO1. The Balaban J connectivity index is 1.69. The first-order valence-corrected chi connectivity index (χ1v) is 8.69. The van der Waals surface area contributed by atoms with E-state index in [-0.39, 0.29) is 29.5 Å². The van der Waals surface area contributed by atoms with Crippen LogP contribution in [-0.2, 0) is 9.47 Å². The molecule has 3 heterocycles. The lowest BCUT2D eigenvalue weighted by Gasteiger charge is -2.28. The summed E-state index contributed by atoms with van der Waals surface area (Å²) in [6.45, 7) is 2.74. The number of nitrogens with zero attached hydrogens (tertiary/aromatic N) is 3. The van der Waals surface area contributed by atoms with Crippen molar-refractivity contribution < 1.29 is 24.0 Å². The smallest absolute Gasteiger partial charge is 0.293 e. The summed E-state index contributed by atoms with van der Waals surface area (Å²) in [4.78, 5) is 39.4. The average molecular weight is 361 g/mol. The van der Waals surface area contributed by atoms with Crippen molar-refractivity contribution in [2.24, 2.45) is 0 Å². The molecule has 0 saturated carbocycles. The molecule has 3 aliphatic rings. The van der Waals surface area contributed by atoms with Crippen molar-refractivity contribution in [1.82, 2.24) is 4.90 Å². The summed E-state index contributed by atoms with van der Waals surface area (Å²) < 4.78 is 10.8. The molecular weight excluding hydrogens is 342 g/mol. The lowest BCUT2D eigenvalue weighted by Crippen LogP contribution is -2.37. The fourth-order valence-electron chi connectivity index (χ4n) is 3.68. The summed E-state index contributed by atoms with van der Waals surface area (Å²) in [6, 6.07) is 2.71. The summed E-state index contributed by atoms with van der Waals surface area (Å²) >= 11 is 0. The van der Waals surface area contributed by atoms with Crippen molar-refractivity contribution in [2.75, 3.05) is 44.4 Å². The van der Waals surface area contributed by atoms with Crippen molar-refractivity contribution in [2.45, 2.75) is 18.9 Å². The van der Waals surface area contributed by atoms with Crippen LogP contribution >= 0.6 is 0 Å². The van der Waals surface area contributed by atoms with Crippen molar-refractivity contribution >= 4 is 23.2 Å². The summed E-state index contributed by atoms with van der Waals surface area (Å²) in [7, 11) is 0. The van der Waals surface area contributed by atoms with Gasteiger partial charge in [-0.1, -0.05) is 0 Å². The number of ether oxygens (including phenoxy) is 2. The second-order valence-corrected chi connectivity index (χ2v) is 6.60. The van der Waals surface area contributed by atoms with Gasteiger partial charge in [-0.2, -0.15) is 0 Å². The van der Waals surface area contributed by atoms with Crippen LogP contribution in [0.2, 0.25) is 0 Å². The highest BCUT2D eigenvalue weighted by atomic mass is 16.6. The van der Waals surface area contributed by atoms with E-state index in [1.54, 1.807) is 0 Å². The Kier molecular flexibility index (Phi) is 4.33. The zero-order valence-electron chi connectivity index (χ0n) is 14.2. The molecule has 138 valence electrons. The second-order valence-electron chi connectivity index (χ2n) is 6.60. The second kappa shape index (κ2) is 6.65. The minimum absolute atomic E-state index is 0.0942. The molecule has 9 heteroatoms. The summed E-state index contributed by atoms with van der Waals surface area (Å²) in [5.74, 6) is -0.901. The molecule has 0 N–H and O–H groups in total. The highest BCUT2D eigenvalue weighted by Gasteiger charge is 2.40. The minimum atomic E-state index is -0.508. The van der Waals surface area contributed by atoms with Crippen LogP contribution in [0.5, 0.6) is 0 Å². The van der Waals surface area contributed by atoms with E-state index in [1.165, 1.54) is 12.1 Å². The molecule has 3 aliphatic heterocycles. The van der Waals surface area contributed by atoms with Gasteiger partial charge in [-0.25, -0.2) is 0 Å². The fourth-order valence-corrected chi connectivity index (χ4v) is 3.68. The number of hydrogen-bond acceptors (Lipinski definition) is 7. The number of nitro benzene ring substituents is 1. The first-order valence-electron chi connectivity index (χ1n) is 8.69. The van der Waals surface area contributed by atoms with E-state index in [1.807, 2.05) is 4.90 Å². The molecule has 1 aromatic rings. The summed E-state index contributed by atoms with van der Waals surface area (Å²) in [5.41, 5.74) is 0.514. The van der Waals surface area contributed by atoms with E-state index < -0.39 is 16.7 Å². The highest BCUT2D eigenvalue weighted by molar-refractivity contribution is 6.22. The zero-order valence-corrected chi connectivity index (χ0v) is 14.2. The van der Waals surface area contributed by atoms with Crippen LogP contribution in [0.3, 0.4) is 0 Å². The minimum Gasteiger partial charge on any atom is -0.378 e. The number of carbonyl (C=O) groups excluding carboxylic acids is 2. The third-order valence-corrected chi connectivity index (χ3v) is 5.02. The van der Waals surface area contributed by atoms with Crippen LogP contribution in [0, 0.1) is 10.1 Å². The van der Waals surface area contributed by atoms with Gasteiger partial charge in [-0.05, 0) is 18.9 Å². The molecule has 1 unspecified atom stereocenters. The van der Waals surface area contributed by atoms with Gasteiger partial charge < -0.3 is 14.4 Å². The normalized spacial score (nSPS) is 22.8. The van der Waals surface area contributed by atoms with Gasteiger partial charge in [0.25, 0.3) is 17.5 Å². The number of morpholine rings is 1. The Bertz CT molecular complexity index is 768. The van der Waals surface area contributed by atoms with Gasteiger partial charge in [0.1, 0.15) is 5.69 Å². The summed E-state index contributed by atoms with van der Waals surface area (Å²) in [6.07, 6.45) is 1.54. The molecule has 0 radical (unpaired) electrons. The van der Waals surface area contributed by atoms with Gasteiger partial charge in [0.05, 0.1) is 41.9 Å². The van der Waals surface area contributed by atoms with Crippen LogP contribution < -0.4 is 4.90 Å². The number of hydrogen-bond donors (Lipinski definition) is 0. The van der Waals surface area contributed by atoms with Gasteiger partial charge in [0.2, 0.25) is 0 Å². The molecule has 4 rings (SSSR count). The quantitative estimate of drug-likeness (QED) is 0.451. The van der Waals surface area contributed by atoms with Crippen molar-refractivity contribution in [3.63, 3.8) is 0 Å². The summed E-state index contributed by atoms with van der Waals surface area (Å²) in [5, 5.41) is 11.5. The number of amides is 2. The molecular formula is C17H19N3O6. The Morgan fingerprint density at radius 2 is 1.81 bits per heavy atom. The van der Waals surface area contributed by atoms with E-state index in [0.717, 1.165) is 17.7 Å². The molecule has 2 fully saturated rings. The van der Waals surface area contributed by atoms with Gasteiger partial charge in [0.15, 0.2) is 0 Å². The van der Waals surface area contributed by atoms with Gasteiger partial charge >= 0.3 is 0 Å². The third-order valence-electron chi connectivity index (χ3n) is 5.02. The maximum Gasteiger partial charge on any atom is 0.293 e. The van der Waals surface area contributed by atoms with Crippen LogP contribution in [0.1, 0.15) is 33.6 Å². The molecule has 2 saturated heterocycles. The molecule has 0 aromatic heterocycles. The molecule has 0 spiro atoms. The number of nitro groups is 1. The average Bonchev–Trinajstić information content (AvgIpc) is 3.24. The molecule has 1 atom stereocenters. The van der Waals surface area contributed by atoms with Crippen molar-refractivity contribution in [3.8, 4) is 0 Å².